The van der Waals surface area contributed by atoms with Gasteiger partial charge in [-0.25, -0.2) is 4.98 Å². The van der Waals surface area contributed by atoms with Gasteiger partial charge in [-0.05, 0) is 31.8 Å². The number of nitrogens with one attached hydrogen (secondary N) is 2. The zero-order valence-electron chi connectivity index (χ0n) is 10.9. The van der Waals surface area contributed by atoms with E-state index in [9.17, 15) is 0 Å². The lowest BCUT2D eigenvalue weighted by molar-refractivity contribution is 0.936. The van der Waals surface area contributed by atoms with Gasteiger partial charge in [0, 0.05) is 24.8 Å². The number of thioether (sulfide) groups is 1. The molecule has 0 aliphatic heterocycles. The van der Waals surface area contributed by atoms with Crippen LogP contribution in [0.25, 0.3) is 0 Å². The van der Waals surface area contributed by atoms with Crippen LogP contribution in [0.2, 0.25) is 0 Å². The molecule has 0 fully saturated rings. The fourth-order valence-corrected chi connectivity index (χ4v) is 1.84. The van der Waals surface area contributed by atoms with E-state index in [-0.39, 0.29) is 0 Å². The molecule has 96 valence electrons. The zero-order chi connectivity index (χ0) is 12.5. The second-order valence-electron chi connectivity index (χ2n) is 3.92. The van der Waals surface area contributed by atoms with Gasteiger partial charge < -0.3 is 10.6 Å². The van der Waals surface area contributed by atoms with E-state index in [0.29, 0.717) is 0 Å². The van der Waals surface area contributed by atoms with Crippen LogP contribution in [0.15, 0.2) is 6.07 Å². The molecule has 0 aliphatic rings. The Labute approximate surface area is 108 Å². The topological polar surface area (TPSA) is 49.8 Å². The average Bonchev–Trinajstić information content (AvgIpc) is 2.31. The van der Waals surface area contributed by atoms with E-state index in [1.807, 2.05) is 24.8 Å². The Morgan fingerprint density at radius 1 is 1.24 bits per heavy atom. The fraction of sp³-hybridized carbons (Fsp3) is 0.667. The molecule has 4 nitrogen and oxygen atoms in total. The number of aromatic nitrogens is 2. The van der Waals surface area contributed by atoms with Crippen LogP contribution in [0, 0.1) is 6.92 Å². The Hall–Kier alpha value is -0.970. The molecule has 0 aromatic carbocycles. The SMILES string of the molecule is CCCNc1nc(C)cc(NCCCSC)n1. The highest BCUT2D eigenvalue weighted by Gasteiger charge is 2.00. The van der Waals surface area contributed by atoms with Gasteiger partial charge in [0.15, 0.2) is 0 Å². The third-order valence-electron chi connectivity index (χ3n) is 2.22. The number of anilines is 2. The van der Waals surface area contributed by atoms with Gasteiger partial charge in [-0.2, -0.15) is 16.7 Å². The molecular weight excluding hydrogens is 232 g/mol. The molecule has 17 heavy (non-hydrogen) atoms. The lowest BCUT2D eigenvalue weighted by Gasteiger charge is -2.09. The summed E-state index contributed by atoms with van der Waals surface area (Å²) in [4.78, 5) is 8.78. The van der Waals surface area contributed by atoms with Crippen LogP contribution in [-0.2, 0) is 0 Å². The van der Waals surface area contributed by atoms with Crippen molar-refractivity contribution in [2.45, 2.75) is 26.7 Å². The molecule has 2 N–H and O–H groups in total. The van der Waals surface area contributed by atoms with Crippen LogP contribution in [0.4, 0.5) is 11.8 Å². The van der Waals surface area contributed by atoms with E-state index in [1.54, 1.807) is 0 Å². The van der Waals surface area contributed by atoms with Gasteiger partial charge >= 0.3 is 0 Å². The van der Waals surface area contributed by atoms with Gasteiger partial charge in [-0.15, -0.1) is 0 Å². The molecule has 0 radical (unpaired) electrons. The summed E-state index contributed by atoms with van der Waals surface area (Å²) in [5.74, 6) is 2.81. The van der Waals surface area contributed by atoms with Crippen molar-refractivity contribution in [1.29, 1.82) is 0 Å². The normalized spacial score (nSPS) is 10.3. The van der Waals surface area contributed by atoms with Crippen molar-refractivity contribution in [2.24, 2.45) is 0 Å². The molecule has 0 atom stereocenters. The van der Waals surface area contributed by atoms with Crippen LogP contribution < -0.4 is 10.6 Å². The molecule has 0 saturated heterocycles. The monoisotopic (exact) mass is 254 g/mol. The van der Waals surface area contributed by atoms with Crippen molar-refractivity contribution in [3.63, 3.8) is 0 Å². The number of aryl methyl sites for hydroxylation is 1. The van der Waals surface area contributed by atoms with Crippen molar-refractivity contribution >= 4 is 23.5 Å². The van der Waals surface area contributed by atoms with Crippen LogP contribution in [0.5, 0.6) is 0 Å². The predicted molar refractivity (Wildman–Crippen MR) is 77.0 cm³/mol. The molecule has 0 saturated carbocycles. The van der Waals surface area contributed by atoms with Gasteiger partial charge in [0.2, 0.25) is 5.95 Å². The zero-order valence-corrected chi connectivity index (χ0v) is 11.7. The second kappa shape index (κ2) is 8.17. The molecule has 0 bridgehead atoms. The average molecular weight is 254 g/mol. The summed E-state index contributed by atoms with van der Waals surface area (Å²) in [5.41, 5.74) is 0.992. The first-order valence-electron chi connectivity index (χ1n) is 6.08. The van der Waals surface area contributed by atoms with E-state index in [2.05, 4.69) is 33.8 Å². The van der Waals surface area contributed by atoms with Crippen LogP contribution in [-0.4, -0.2) is 35.1 Å². The van der Waals surface area contributed by atoms with E-state index in [0.717, 1.165) is 43.4 Å². The first kappa shape index (κ1) is 14.1. The van der Waals surface area contributed by atoms with Gasteiger partial charge in [0.1, 0.15) is 5.82 Å². The lowest BCUT2D eigenvalue weighted by atomic mass is 10.4. The molecule has 5 heteroatoms. The summed E-state index contributed by atoms with van der Waals surface area (Å²) in [6.07, 6.45) is 4.36. The Kier molecular flexibility index (Phi) is 6.77. The molecular formula is C12H22N4S. The third kappa shape index (κ3) is 5.77. The maximum Gasteiger partial charge on any atom is 0.224 e. The molecule has 0 unspecified atom stereocenters. The van der Waals surface area contributed by atoms with Crippen molar-refractivity contribution < 1.29 is 0 Å². The highest BCUT2D eigenvalue weighted by atomic mass is 32.2. The molecule has 0 aliphatic carbocycles. The van der Waals surface area contributed by atoms with Gasteiger partial charge in [-0.1, -0.05) is 6.92 Å². The first-order valence-corrected chi connectivity index (χ1v) is 7.48. The van der Waals surface area contributed by atoms with Crippen molar-refractivity contribution in [3.05, 3.63) is 11.8 Å². The predicted octanol–water partition coefficient (Wildman–Crippen LogP) is 2.77. The summed E-state index contributed by atoms with van der Waals surface area (Å²) >= 11 is 1.87. The minimum atomic E-state index is 0.721. The van der Waals surface area contributed by atoms with Crippen molar-refractivity contribution in [3.8, 4) is 0 Å². The summed E-state index contributed by atoms with van der Waals surface area (Å²) < 4.78 is 0. The Morgan fingerprint density at radius 2 is 2.06 bits per heavy atom. The smallest absolute Gasteiger partial charge is 0.224 e. The Bertz CT molecular complexity index is 330. The molecule has 1 aromatic rings. The number of hydrogen-bond acceptors (Lipinski definition) is 5. The molecule has 0 spiro atoms. The maximum absolute atomic E-state index is 4.43. The molecule has 1 aromatic heterocycles. The third-order valence-corrected chi connectivity index (χ3v) is 2.92. The number of nitrogens with zero attached hydrogens (tertiary/aromatic N) is 2. The Morgan fingerprint density at radius 3 is 2.76 bits per heavy atom. The number of rotatable bonds is 8. The Balaban J connectivity index is 2.50. The minimum absolute atomic E-state index is 0.721. The molecule has 1 rings (SSSR count). The van der Waals surface area contributed by atoms with Crippen LogP contribution >= 0.6 is 11.8 Å². The highest BCUT2D eigenvalue weighted by molar-refractivity contribution is 7.98. The van der Waals surface area contributed by atoms with Gasteiger partial charge in [0.25, 0.3) is 0 Å². The van der Waals surface area contributed by atoms with E-state index < -0.39 is 0 Å². The number of hydrogen-bond donors (Lipinski definition) is 2. The highest BCUT2D eigenvalue weighted by Crippen LogP contribution is 2.09. The largest absolute Gasteiger partial charge is 0.370 e. The lowest BCUT2D eigenvalue weighted by Crippen LogP contribution is -2.09. The summed E-state index contributed by atoms with van der Waals surface area (Å²) in [5, 5.41) is 6.54. The van der Waals surface area contributed by atoms with E-state index in [1.165, 1.54) is 5.75 Å². The van der Waals surface area contributed by atoms with Gasteiger partial charge in [-0.3, -0.25) is 0 Å². The fourth-order valence-electron chi connectivity index (χ4n) is 1.41. The van der Waals surface area contributed by atoms with Crippen molar-refractivity contribution in [1.82, 2.24) is 9.97 Å². The standard InChI is InChI=1S/C12H22N4S/c1-4-6-14-12-15-10(2)9-11(16-12)13-7-5-8-17-3/h9H,4-8H2,1-3H3,(H2,13,14,15,16). The quantitative estimate of drug-likeness (QED) is 0.699. The van der Waals surface area contributed by atoms with Crippen LogP contribution in [0.1, 0.15) is 25.5 Å². The van der Waals surface area contributed by atoms with Crippen LogP contribution in [0.3, 0.4) is 0 Å². The summed E-state index contributed by atoms with van der Waals surface area (Å²) in [6.45, 7) is 6.00. The van der Waals surface area contributed by atoms with E-state index in [4.69, 9.17) is 0 Å². The van der Waals surface area contributed by atoms with Crippen molar-refractivity contribution in [2.75, 3.05) is 35.7 Å². The second-order valence-corrected chi connectivity index (χ2v) is 4.90. The molecule has 0 amide bonds. The maximum atomic E-state index is 4.43. The minimum Gasteiger partial charge on any atom is -0.370 e. The van der Waals surface area contributed by atoms with E-state index >= 15 is 0 Å². The summed E-state index contributed by atoms with van der Waals surface area (Å²) in [6, 6.07) is 1.98. The van der Waals surface area contributed by atoms with Gasteiger partial charge in [0.05, 0.1) is 0 Å². The first-order chi connectivity index (χ1) is 8.26. The molecule has 1 heterocycles. The summed E-state index contributed by atoms with van der Waals surface area (Å²) in [7, 11) is 0.